The van der Waals surface area contributed by atoms with Crippen LogP contribution in [-0.2, 0) is 6.54 Å². The molecule has 7 nitrogen and oxygen atoms in total. The second kappa shape index (κ2) is 7.71. The van der Waals surface area contributed by atoms with E-state index >= 15 is 0 Å². The largest absolute Gasteiger partial charge is 0.347 e. The number of aromatic nitrogens is 3. The molecule has 0 saturated carbocycles. The predicted octanol–water partition coefficient (Wildman–Crippen LogP) is 2.63. The highest BCUT2D eigenvalue weighted by Crippen LogP contribution is 2.27. The quantitative estimate of drug-likeness (QED) is 0.732. The summed E-state index contributed by atoms with van der Waals surface area (Å²) in [6.07, 6.45) is 2.33. The number of piperidine rings is 1. The van der Waals surface area contributed by atoms with Crippen LogP contribution in [0.3, 0.4) is 0 Å². The Kier molecular flexibility index (Phi) is 5.13. The lowest BCUT2D eigenvalue weighted by Crippen LogP contribution is -2.34. The molecule has 1 atom stereocenters. The molecule has 8 heteroatoms. The van der Waals surface area contributed by atoms with Crippen LogP contribution in [0, 0.1) is 12.8 Å². The van der Waals surface area contributed by atoms with Crippen LogP contribution in [0.25, 0.3) is 4.96 Å². The minimum atomic E-state index is -0.428. The lowest BCUT2D eigenvalue weighted by atomic mass is 10.0. The van der Waals surface area contributed by atoms with E-state index < -0.39 is 5.56 Å². The average Bonchev–Trinajstić information content (AvgIpc) is 3.10. The highest BCUT2D eigenvalue weighted by atomic mass is 32.1. The van der Waals surface area contributed by atoms with Crippen molar-refractivity contribution in [3.63, 3.8) is 0 Å². The molecule has 4 rings (SSSR count). The van der Waals surface area contributed by atoms with Crippen molar-refractivity contribution in [3.8, 4) is 0 Å². The Bertz CT molecular complexity index is 1070. The summed E-state index contributed by atoms with van der Waals surface area (Å²) in [6, 6.07) is 9.13. The van der Waals surface area contributed by atoms with E-state index in [1.807, 2.05) is 31.2 Å². The third-order valence-electron chi connectivity index (χ3n) is 5.10. The molecule has 0 spiro atoms. The van der Waals surface area contributed by atoms with Gasteiger partial charge in [-0.15, -0.1) is 5.10 Å². The summed E-state index contributed by atoms with van der Waals surface area (Å²) in [6.45, 7) is 6.49. The maximum Gasteiger partial charge on any atom is 0.274 e. The summed E-state index contributed by atoms with van der Waals surface area (Å²) >= 11 is 1.36. The molecule has 1 fully saturated rings. The normalized spacial score (nSPS) is 17.1. The predicted molar refractivity (Wildman–Crippen MR) is 110 cm³/mol. The summed E-state index contributed by atoms with van der Waals surface area (Å²) < 4.78 is 1.49. The molecule has 3 aromatic rings. The Morgan fingerprint density at radius 1 is 1.36 bits per heavy atom. The van der Waals surface area contributed by atoms with E-state index in [2.05, 4.69) is 27.2 Å². The molecule has 146 valence electrons. The number of aryl methyl sites for hydroxylation is 1. The molecule has 1 aliphatic heterocycles. The van der Waals surface area contributed by atoms with Gasteiger partial charge in [0.25, 0.3) is 11.5 Å². The minimum Gasteiger partial charge on any atom is -0.347 e. The van der Waals surface area contributed by atoms with Crippen molar-refractivity contribution in [2.45, 2.75) is 33.2 Å². The zero-order valence-electron chi connectivity index (χ0n) is 16.0. The molecule has 1 N–H and O–H groups in total. The van der Waals surface area contributed by atoms with E-state index in [9.17, 15) is 9.59 Å². The Morgan fingerprint density at radius 2 is 2.18 bits per heavy atom. The van der Waals surface area contributed by atoms with Crippen LogP contribution in [-0.4, -0.2) is 33.6 Å². The summed E-state index contributed by atoms with van der Waals surface area (Å²) in [5.74, 6) is 0.271. The molecule has 1 aromatic carbocycles. The Hall–Kier alpha value is -2.74. The van der Waals surface area contributed by atoms with Crippen molar-refractivity contribution in [1.29, 1.82) is 0 Å². The first-order valence-electron chi connectivity index (χ1n) is 9.50. The number of benzene rings is 1. The van der Waals surface area contributed by atoms with Gasteiger partial charge in [-0.1, -0.05) is 42.5 Å². The number of nitrogens with zero attached hydrogens (tertiary/aromatic N) is 4. The van der Waals surface area contributed by atoms with Crippen LogP contribution < -0.4 is 15.8 Å². The molecule has 3 heterocycles. The van der Waals surface area contributed by atoms with Crippen molar-refractivity contribution in [2.75, 3.05) is 18.0 Å². The van der Waals surface area contributed by atoms with Gasteiger partial charge < -0.3 is 10.2 Å². The van der Waals surface area contributed by atoms with Crippen LogP contribution in [0.1, 0.15) is 41.4 Å². The maximum atomic E-state index is 12.8. The van der Waals surface area contributed by atoms with Gasteiger partial charge in [-0.05, 0) is 36.8 Å². The summed E-state index contributed by atoms with van der Waals surface area (Å²) in [5, 5.41) is 8.30. The van der Waals surface area contributed by atoms with Crippen LogP contribution in [0.15, 0.2) is 35.1 Å². The Labute approximate surface area is 167 Å². The minimum absolute atomic E-state index is 0.219. The van der Waals surface area contributed by atoms with Crippen LogP contribution in [0.2, 0.25) is 0 Å². The number of carbonyl (C=O) groups is 1. The fraction of sp³-hybridized carbons (Fsp3) is 0.400. The van der Waals surface area contributed by atoms with Gasteiger partial charge in [0.1, 0.15) is 5.69 Å². The number of carbonyl (C=O) groups excluding carboxylic acids is 1. The molecule has 0 aliphatic carbocycles. The van der Waals surface area contributed by atoms with E-state index in [4.69, 9.17) is 0 Å². The number of amides is 1. The summed E-state index contributed by atoms with van der Waals surface area (Å²) in [4.78, 5) is 31.5. The molecule has 1 saturated heterocycles. The Morgan fingerprint density at radius 3 is 2.96 bits per heavy atom. The molecular formula is C20H23N5O2S. The molecular weight excluding hydrogens is 374 g/mol. The van der Waals surface area contributed by atoms with E-state index in [0.29, 0.717) is 17.4 Å². The van der Waals surface area contributed by atoms with Crippen LogP contribution in [0.5, 0.6) is 0 Å². The lowest BCUT2D eigenvalue weighted by Gasteiger charge is -2.30. The molecule has 1 aliphatic rings. The maximum absolute atomic E-state index is 12.8. The highest BCUT2D eigenvalue weighted by molar-refractivity contribution is 7.20. The van der Waals surface area contributed by atoms with Gasteiger partial charge in [0.05, 0.1) is 0 Å². The fourth-order valence-electron chi connectivity index (χ4n) is 3.53. The van der Waals surface area contributed by atoms with Gasteiger partial charge in [0.2, 0.25) is 10.1 Å². The van der Waals surface area contributed by atoms with Crippen molar-refractivity contribution in [1.82, 2.24) is 19.9 Å². The van der Waals surface area contributed by atoms with Gasteiger partial charge in [-0.25, -0.2) is 0 Å². The number of hydrogen-bond acceptors (Lipinski definition) is 6. The summed E-state index contributed by atoms with van der Waals surface area (Å²) in [5.41, 5.74) is 1.93. The zero-order valence-corrected chi connectivity index (χ0v) is 16.8. The number of hydrogen-bond donors (Lipinski definition) is 1. The number of nitrogens with one attached hydrogen (secondary N) is 1. The molecule has 0 unspecified atom stereocenters. The molecule has 28 heavy (non-hydrogen) atoms. The number of anilines is 1. The monoisotopic (exact) mass is 397 g/mol. The molecule has 0 radical (unpaired) electrons. The van der Waals surface area contributed by atoms with Gasteiger partial charge in [-0.3, -0.25) is 9.59 Å². The van der Waals surface area contributed by atoms with Crippen molar-refractivity contribution >= 4 is 27.3 Å². The van der Waals surface area contributed by atoms with Crippen LogP contribution in [0.4, 0.5) is 5.13 Å². The standard InChI is InChI=1S/C20H23N5O2S/c1-13-6-5-9-24(12-13)20-23-25-16(10-17(26)22-19(25)28-20)18(27)21-11-15-8-4-3-7-14(15)2/h3-4,7-8,10,13H,5-6,9,11-12H2,1-2H3,(H,21,27)/t13-/m1/s1. The second-order valence-corrected chi connectivity index (χ2v) is 8.30. The van der Waals surface area contributed by atoms with Gasteiger partial charge in [-0.2, -0.15) is 9.50 Å². The Balaban J connectivity index is 1.61. The van der Waals surface area contributed by atoms with E-state index in [-0.39, 0.29) is 11.6 Å². The van der Waals surface area contributed by atoms with Crippen molar-refractivity contribution < 1.29 is 4.79 Å². The number of fused-ring (bicyclic) bond motifs is 1. The smallest absolute Gasteiger partial charge is 0.274 e. The lowest BCUT2D eigenvalue weighted by molar-refractivity contribution is 0.0943. The molecule has 1 amide bonds. The first-order chi connectivity index (χ1) is 13.5. The van der Waals surface area contributed by atoms with Crippen molar-refractivity contribution in [3.05, 3.63) is 57.5 Å². The first kappa shape index (κ1) is 18.6. The third kappa shape index (κ3) is 3.77. The second-order valence-electron chi connectivity index (χ2n) is 7.36. The zero-order chi connectivity index (χ0) is 19.7. The molecule has 0 bridgehead atoms. The topological polar surface area (TPSA) is 79.6 Å². The summed E-state index contributed by atoms with van der Waals surface area (Å²) in [7, 11) is 0. The average molecular weight is 398 g/mol. The van der Waals surface area contributed by atoms with Gasteiger partial charge >= 0.3 is 0 Å². The van der Waals surface area contributed by atoms with E-state index in [1.165, 1.54) is 28.3 Å². The van der Waals surface area contributed by atoms with Crippen molar-refractivity contribution in [2.24, 2.45) is 5.92 Å². The highest BCUT2D eigenvalue weighted by Gasteiger charge is 2.22. The van der Waals surface area contributed by atoms with E-state index in [1.54, 1.807) is 0 Å². The van der Waals surface area contributed by atoms with E-state index in [0.717, 1.165) is 35.8 Å². The van der Waals surface area contributed by atoms with Crippen LogP contribution >= 0.6 is 11.3 Å². The number of rotatable bonds is 4. The SMILES string of the molecule is Cc1ccccc1CNC(=O)c1cc(=O)nc2sc(N3CCC[C@@H](C)C3)nn12. The first-order valence-corrected chi connectivity index (χ1v) is 10.3. The molecule has 2 aromatic heterocycles. The fourth-order valence-corrected chi connectivity index (χ4v) is 4.47. The van der Waals surface area contributed by atoms with Gasteiger partial charge in [0.15, 0.2) is 0 Å². The van der Waals surface area contributed by atoms with Gasteiger partial charge in [0, 0.05) is 25.7 Å². The third-order valence-corrected chi connectivity index (χ3v) is 6.07.